The largest absolute Gasteiger partial charge is 0.0683 e. The lowest BCUT2D eigenvalue weighted by Gasteiger charge is -2.30. The third-order valence-corrected chi connectivity index (χ3v) is 4.77. The summed E-state index contributed by atoms with van der Waals surface area (Å²) in [7, 11) is 0. The van der Waals surface area contributed by atoms with Gasteiger partial charge in [-0.2, -0.15) is 0 Å². The molecule has 0 radical (unpaired) electrons. The molecule has 0 aliphatic carbocycles. The van der Waals surface area contributed by atoms with Gasteiger partial charge in [0.2, 0.25) is 0 Å². The Hall–Kier alpha value is -1.56. The van der Waals surface area contributed by atoms with E-state index in [4.69, 9.17) is 0 Å². The Balaban J connectivity index is 0.00000116. The van der Waals surface area contributed by atoms with Crippen molar-refractivity contribution in [2.45, 2.75) is 60.3 Å². The van der Waals surface area contributed by atoms with Crippen LogP contribution >= 0.6 is 0 Å². The van der Waals surface area contributed by atoms with E-state index in [2.05, 4.69) is 83.1 Å². The van der Waals surface area contributed by atoms with E-state index in [-0.39, 0.29) is 5.41 Å². The highest BCUT2D eigenvalue weighted by Crippen LogP contribution is 2.32. The van der Waals surface area contributed by atoms with Crippen molar-refractivity contribution in [1.82, 2.24) is 0 Å². The van der Waals surface area contributed by atoms with Crippen LogP contribution in [0.1, 0.15) is 59.6 Å². The van der Waals surface area contributed by atoms with E-state index in [1.807, 2.05) is 13.8 Å². The highest BCUT2D eigenvalue weighted by atomic mass is 14.3. The Morgan fingerprint density at radius 2 is 1.18 bits per heavy atom. The number of benzene rings is 2. The van der Waals surface area contributed by atoms with Crippen molar-refractivity contribution in [2.24, 2.45) is 5.92 Å². The molecule has 0 heteroatoms. The first-order valence-electron chi connectivity index (χ1n) is 8.65. The van der Waals surface area contributed by atoms with E-state index in [1.165, 1.54) is 22.3 Å². The third-order valence-electron chi connectivity index (χ3n) is 4.77. The molecule has 0 aliphatic rings. The van der Waals surface area contributed by atoms with Crippen LogP contribution in [0.5, 0.6) is 0 Å². The van der Waals surface area contributed by atoms with Gasteiger partial charge in [0, 0.05) is 0 Å². The van der Waals surface area contributed by atoms with Crippen molar-refractivity contribution in [3.05, 3.63) is 59.7 Å². The van der Waals surface area contributed by atoms with Crippen LogP contribution in [-0.2, 0) is 11.8 Å². The lowest BCUT2D eigenvalue weighted by Crippen LogP contribution is -2.24. The van der Waals surface area contributed by atoms with Crippen LogP contribution in [0.2, 0.25) is 0 Å². The van der Waals surface area contributed by atoms with E-state index in [1.54, 1.807) is 0 Å². The number of hydrogen-bond donors (Lipinski definition) is 0. The molecule has 0 saturated heterocycles. The average molecular weight is 296 g/mol. The summed E-state index contributed by atoms with van der Waals surface area (Å²) in [6.45, 7) is 15.4. The summed E-state index contributed by atoms with van der Waals surface area (Å²) in [6.07, 6.45) is 1.10. The van der Waals surface area contributed by atoms with Gasteiger partial charge in [0.1, 0.15) is 0 Å². The second-order valence-corrected chi connectivity index (χ2v) is 6.50. The molecule has 0 nitrogen and oxygen atoms in total. The summed E-state index contributed by atoms with van der Waals surface area (Å²) in [5.74, 6) is 0.636. The van der Waals surface area contributed by atoms with Crippen molar-refractivity contribution in [3.8, 4) is 11.1 Å². The maximum atomic E-state index is 2.32. The zero-order chi connectivity index (χ0) is 16.8. The van der Waals surface area contributed by atoms with E-state index >= 15 is 0 Å². The van der Waals surface area contributed by atoms with Crippen molar-refractivity contribution < 1.29 is 0 Å². The van der Waals surface area contributed by atoms with Gasteiger partial charge in [-0.25, -0.2) is 0 Å². The first kappa shape index (κ1) is 18.5. The summed E-state index contributed by atoms with van der Waals surface area (Å²) >= 11 is 0. The fourth-order valence-electron chi connectivity index (χ4n) is 2.36. The summed E-state index contributed by atoms with van der Waals surface area (Å²) in [6, 6.07) is 18.0. The number of rotatable bonds is 4. The second-order valence-electron chi connectivity index (χ2n) is 6.50. The molecule has 0 bridgehead atoms. The van der Waals surface area contributed by atoms with E-state index in [0.717, 1.165) is 6.42 Å². The average Bonchev–Trinajstić information content (AvgIpc) is 2.57. The topological polar surface area (TPSA) is 0 Å². The normalized spacial score (nSPS) is 11.1. The summed E-state index contributed by atoms with van der Waals surface area (Å²) in [5, 5.41) is 0. The molecule has 0 N–H and O–H groups in total. The smallest absolute Gasteiger partial charge is 0.00806 e. The standard InChI is InChI=1S/C20H26.C2H6/c1-6-16-7-9-17(10-8-16)18-11-13-19(14-12-18)20(4,5)15(2)3;1-2/h7-15H,6H2,1-5H3;1-2H3. The maximum absolute atomic E-state index is 2.32. The minimum absolute atomic E-state index is 0.227. The number of aryl methyl sites for hydroxylation is 1. The van der Waals surface area contributed by atoms with Crippen molar-refractivity contribution in [2.75, 3.05) is 0 Å². The van der Waals surface area contributed by atoms with E-state index < -0.39 is 0 Å². The van der Waals surface area contributed by atoms with Crippen LogP contribution in [0.3, 0.4) is 0 Å². The molecule has 0 spiro atoms. The van der Waals surface area contributed by atoms with E-state index in [0.29, 0.717) is 5.92 Å². The molecule has 0 saturated carbocycles. The quantitative estimate of drug-likeness (QED) is 0.577. The first-order chi connectivity index (χ1) is 10.4. The van der Waals surface area contributed by atoms with Crippen LogP contribution in [0.15, 0.2) is 48.5 Å². The van der Waals surface area contributed by atoms with Gasteiger partial charge in [-0.15, -0.1) is 0 Å². The zero-order valence-corrected chi connectivity index (χ0v) is 15.4. The molecule has 0 heterocycles. The molecule has 120 valence electrons. The Morgan fingerprint density at radius 1 is 0.773 bits per heavy atom. The van der Waals surface area contributed by atoms with Crippen LogP contribution in [0.25, 0.3) is 11.1 Å². The maximum Gasteiger partial charge on any atom is -0.00806 e. The Kier molecular flexibility index (Phi) is 6.87. The number of hydrogen-bond acceptors (Lipinski definition) is 0. The lowest BCUT2D eigenvalue weighted by atomic mass is 9.75. The lowest BCUT2D eigenvalue weighted by molar-refractivity contribution is 0.372. The molecule has 2 aromatic carbocycles. The van der Waals surface area contributed by atoms with Gasteiger partial charge in [-0.3, -0.25) is 0 Å². The Morgan fingerprint density at radius 3 is 1.55 bits per heavy atom. The second kappa shape index (κ2) is 8.17. The molecule has 0 unspecified atom stereocenters. The molecule has 2 rings (SSSR count). The summed E-state index contributed by atoms with van der Waals surface area (Å²) in [5.41, 5.74) is 5.64. The molecule has 22 heavy (non-hydrogen) atoms. The summed E-state index contributed by atoms with van der Waals surface area (Å²) in [4.78, 5) is 0. The van der Waals surface area contributed by atoms with Gasteiger partial charge in [-0.05, 0) is 40.0 Å². The molecule has 0 amide bonds. The first-order valence-corrected chi connectivity index (χ1v) is 8.65. The van der Waals surface area contributed by atoms with Crippen LogP contribution in [0, 0.1) is 5.92 Å². The van der Waals surface area contributed by atoms with Crippen LogP contribution in [-0.4, -0.2) is 0 Å². The van der Waals surface area contributed by atoms with Crippen molar-refractivity contribution in [3.63, 3.8) is 0 Å². The molecular formula is C22H32. The van der Waals surface area contributed by atoms with Crippen LogP contribution in [0.4, 0.5) is 0 Å². The van der Waals surface area contributed by atoms with Crippen molar-refractivity contribution in [1.29, 1.82) is 0 Å². The minimum atomic E-state index is 0.227. The molecule has 2 aromatic rings. The zero-order valence-electron chi connectivity index (χ0n) is 15.4. The van der Waals surface area contributed by atoms with Gasteiger partial charge in [0.25, 0.3) is 0 Å². The highest BCUT2D eigenvalue weighted by molar-refractivity contribution is 5.64. The van der Waals surface area contributed by atoms with Gasteiger partial charge in [-0.1, -0.05) is 97.0 Å². The molecular weight excluding hydrogens is 264 g/mol. The molecule has 0 aromatic heterocycles. The Bertz CT molecular complexity index is 542. The van der Waals surface area contributed by atoms with Gasteiger partial charge >= 0.3 is 0 Å². The fraction of sp³-hybridized carbons (Fsp3) is 0.455. The van der Waals surface area contributed by atoms with Gasteiger partial charge < -0.3 is 0 Å². The fourth-order valence-corrected chi connectivity index (χ4v) is 2.36. The predicted octanol–water partition coefficient (Wildman–Crippen LogP) is 6.88. The third kappa shape index (κ3) is 4.22. The molecule has 0 fully saturated rings. The van der Waals surface area contributed by atoms with Gasteiger partial charge in [0.15, 0.2) is 0 Å². The predicted molar refractivity (Wildman–Crippen MR) is 100 cm³/mol. The minimum Gasteiger partial charge on any atom is -0.0683 e. The molecule has 0 atom stereocenters. The highest BCUT2D eigenvalue weighted by Gasteiger charge is 2.24. The Labute approximate surface area is 137 Å². The van der Waals surface area contributed by atoms with Crippen molar-refractivity contribution >= 4 is 0 Å². The van der Waals surface area contributed by atoms with Gasteiger partial charge in [0.05, 0.1) is 0 Å². The van der Waals surface area contributed by atoms with Crippen LogP contribution < -0.4 is 0 Å². The summed E-state index contributed by atoms with van der Waals surface area (Å²) < 4.78 is 0. The SMILES string of the molecule is CC.CCc1ccc(-c2ccc(C(C)(C)C(C)C)cc2)cc1. The monoisotopic (exact) mass is 296 g/mol. The molecule has 0 aliphatic heterocycles. The van der Waals surface area contributed by atoms with E-state index in [9.17, 15) is 0 Å².